The van der Waals surface area contributed by atoms with Gasteiger partial charge in [-0.2, -0.15) is 5.10 Å². The lowest BCUT2D eigenvalue weighted by molar-refractivity contribution is -0.113. The molecule has 5 heterocycles. The Morgan fingerprint density at radius 1 is 1.18 bits per heavy atom. The van der Waals surface area contributed by atoms with Gasteiger partial charge in [-0.25, -0.2) is 23.6 Å². The zero-order chi connectivity index (χ0) is 26.4. The molecular formula is C26H23F2N9O. The first-order valence-corrected chi connectivity index (χ1v) is 12.0. The second kappa shape index (κ2) is 8.95. The van der Waals surface area contributed by atoms with Crippen LogP contribution in [-0.4, -0.2) is 61.1 Å². The zero-order valence-corrected chi connectivity index (χ0v) is 20.4. The molecule has 192 valence electrons. The minimum absolute atomic E-state index is 0.295. The summed E-state index contributed by atoms with van der Waals surface area (Å²) in [6, 6.07) is 9.51. The number of aromatic nitrogens is 5. The maximum Gasteiger partial charge on any atom is 0.282 e. The van der Waals surface area contributed by atoms with Gasteiger partial charge in [-0.3, -0.25) is 9.89 Å². The van der Waals surface area contributed by atoms with Crippen molar-refractivity contribution in [2.24, 2.45) is 7.05 Å². The van der Waals surface area contributed by atoms with Gasteiger partial charge in [0.15, 0.2) is 0 Å². The molecule has 3 aromatic heterocycles. The lowest BCUT2D eigenvalue weighted by Crippen LogP contribution is -2.58. The molecule has 4 aromatic rings. The molecule has 2 aliphatic heterocycles. The Bertz CT molecular complexity index is 1550. The maximum atomic E-state index is 13.3. The highest BCUT2D eigenvalue weighted by Gasteiger charge is 2.47. The molecule has 1 amide bonds. The molecule has 38 heavy (non-hydrogen) atoms. The molecule has 0 radical (unpaired) electrons. The van der Waals surface area contributed by atoms with Crippen LogP contribution >= 0.6 is 0 Å². The SMILES string of the molecule is [C-]#[N+]c1cnc(N2CCc3cc(C(=O)N4CC(F)(F)C4)n(C)c3C2)nc1Nc1ccc(-c2cn[nH]c2)cc1. The van der Waals surface area contributed by atoms with Gasteiger partial charge in [0.25, 0.3) is 11.8 Å². The summed E-state index contributed by atoms with van der Waals surface area (Å²) in [4.78, 5) is 28.6. The standard InChI is InChI=1S/C26H23F2N9O/c1-29-20-12-30-25(34-23(20)33-19-5-3-16(4-6-19)18-10-31-32-11-18)36-8-7-17-9-21(35(2)22(17)13-36)24(38)37-14-26(27,28)15-37/h3-6,9-12H,7-8,13-15H2,2H3,(H,31,32)(H,30,33,34). The Labute approximate surface area is 216 Å². The number of alkyl halides is 2. The van der Waals surface area contributed by atoms with E-state index in [-0.39, 0.29) is 5.91 Å². The van der Waals surface area contributed by atoms with Crippen molar-refractivity contribution in [3.05, 3.63) is 77.3 Å². The Morgan fingerprint density at radius 3 is 2.66 bits per heavy atom. The summed E-state index contributed by atoms with van der Waals surface area (Å²) < 4.78 is 28.3. The van der Waals surface area contributed by atoms with Gasteiger partial charge in [0.05, 0.1) is 32.4 Å². The Balaban J connectivity index is 1.21. The van der Waals surface area contributed by atoms with Crippen molar-refractivity contribution in [1.82, 2.24) is 29.6 Å². The Morgan fingerprint density at radius 2 is 1.97 bits per heavy atom. The summed E-state index contributed by atoms with van der Waals surface area (Å²) in [5.74, 6) is -2.34. The van der Waals surface area contributed by atoms with Gasteiger partial charge < -0.3 is 19.7 Å². The summed E-state index contributed by atoms with van der Waals surface area (Å²) in [5, 5.41) is 9.99. The molecule has 1 saturated heterocycles. The molecule has 0 saturated carbocycles. The molecule has 0 atom stereocenters. The van der Waals surface area contributed by atoms with Crippen molar-refractivity contribution in [1.29, 1.82) is 0 Å². The molecular weight excluding hydrogens is 492 g/mol. The normalized spacial score (nSPS) is 15.9. The van der Waals surface area contributed by atoms with E-state index in [2.05, 4.69) is 30.3 Å². The fraction of sp³-hybridized carbons (Fsp3) is 0.269. The number of likely N-dealkylation sites (tertiary alicyclic amines) is 1. The third kappa shape index (κ3) is 4.21. The topological polar surface area (TPSA) is 99.3 Å². The predicted octanol–water partition coefficient (Wildman–Crippen LogP) is 4.15. The van der Waals surface area contributed by atoms with Crippen molar-refractivity contribution in [3.8, 4) is 11.1 Å². The number of amides is 1. The number of H-pyrrole nitrogens is 1. The second-order valence-electron chi connectivity index (χ2n) is 9.45. The van der Waals surface area contributed by atoms with Gasteiger partial charge in [-0.05, 0) is 35.7 Å². The summed E-state index contributed by atoms with van der Waals surface area (Å²) in [6.07, 6.45) is 5.71. The van der Waals surface area contributed by atoms with Crippen LogP contribution in [0.4, 0.5) is 31.9 Å². The number of halogens is 2. The van der Waals surface area contributed by atoms with E-state index in [1.54, 1.807) is 23.9 Å². The number of carbonyl (C=O) groups is 1. The number of benzene rings is 1. The van der Waals surface area contributed by atoms with E-state index in [4.69, 9.17) is 6.57 Å². The smallest absolute Gasteiger partial charge is 0.282 e. The molecule has 0 bridgehead atoms. The molecule has 2 aliphatic rings. The zero-order valence-electron chi connectivity index (χ0n) is 20.4. The lowest BCUT2D eigenvalue weighted by atomic mass is 10.1. The fourth-order valence-electron chi connectivity index (χ4n) is 4.82. The first-order chi connectivity index (χ1) is 18.3. The molecule has 0 spiro atoms. The van der Waals surface area contributed by atoms with Gasteiger partial charge in [0.2, 0.25) is 11.6 Å². The van der Waals surface area contributed by atoms with Crippen LogP contribution in [0.3, 0.4) is 0 Å². The highest BCUT2D eigenvalue weighted by atomic mass is 19.3. The third-order valence-corrected chi connectivity index (χ3v) is 6.93. The predicted molar refractivity (Wildman–Crippen MR) is 137 cm³/mol. The summed E-state index contributed by atoms with van der Waals surface area (Å²) in [5.41, 5.74) is 5.37. The van der Waals surface area contributed by atoms with Crippen LogP contribution in [0.1, 0.15) is 21.7 Å². The largest absolute Gasteiger partial charge is 0.349 e. The van der Waals surface area contributed by atoms with Crippen LogP contribution in [0.25, 0.3) is 16.0 Å². The number of hydrogen-bond donors (Lipinski definition) is 2. The number of nitrogens with zero attached hydrogens (tertiary/aromatic N) is 7. The lowest BCUT2D eigenvalue weighted by Gasteiger charge is -2.38. The number of nitrogens with one attached hydrogen (secondary N) is 2. The van der Waals surface area contributed by atoms with Crippen molar-refractivity contribution in [3.63, 3.8) is 0 Å². The average molecular weight is 516 g/mol. The molecule has 10 nitrogen and oxygen atoms in total. The summed E-state index contributed by atoms with van der Waals surface area (Å²) in [6.45, 7) is 7.51. The van der Waals surface area contributed by atoms with Crippen molar-refractivity contribution in [2.75, 3.05) is 29.9 Å². The summed E-state index contributed by atoms with van der Waals surface area (Å²) >= 11 is 0. The molecule has 12 heteroatoms. The minimum atomic E-state index is -2.81. The van der Waals surface area contributed by atoms with Crippen molar-refractivity contribution in [2.45, 2.75) is 18.9 Å². The summed E-state index contributed by atoms with van der Waals surface area (Å²) in [7, 11) is 1.77. The van der Waals surface area contributed by atoms with E-state index in [9.17, 15) is 13.6 Å². The molecule has 1 aromatic carbocycles. The van der Waals surface area contributed by atoms with E-state index in [0.717, 1.165) is 28.1 Å². The van der Waals surface area contributed by atoms with Crippen LogP contribution in [-0.2, 0) is 20.0 Å². The average Bonchev–Trinajstić information content (AvgIpc) is 3.56. The van der Waals surface area contributed by atoms with Gasteiger partial charge in [-0.1, -0.05) is 12.1 Å². The van der Waals surface area contributed by atoms with E-state index in [1.165, 1.54) is 11.1 Å². The van der Waals surface area contributed by atoms with Crippen LogP contribution < -0.4 is 10.2 Å². The monoisotopic (exact) mass is 515 g/mol. The molecule has 6 rings (SSSR count). The molecule has 2 N–H and O–H groups in total. The highest BCUT2D eigenvalue weighted by molar-refractivity contribution is 5.94. The van der Waals surface area contributed by atoms with Crippen LogP contribution in [0.2, 0.25) is 0 Å². The number of aromatic amines is 1. The number of anilines is 3. The van der Waals surface area contributed by atoms with Crippen LogP contribution in [0.5, 0.6) is 0 Å². The van der Waals surface area contributed by atoms with Gasteiger partial charge in [0.1, 0.15) is 11.5 Å². The third-order valence-electron chi connectivity index (χ3n) is 6.93. The van der Waals surface area contributed by atoms with Crippen LogP contribution in [0.15, 0.2) is 48.9 Å². The maximum absolute atomic E-state index is 13.3. The van der Waals surface area contributed by atoms with Gasteiger partial charge in [-0.15, -0.1) is 0 Å². The molecule has 1 fully saturated rings. The minimum Gasteiger partial charge on any atom is -0.349 e. The van der Waals surface area contributed by atoms with E-state index < -0.39 is 19.0 Å². The Hall–Kier alpha value is -4.79. The van der Waals surface area contributed by atoms with E-state index >= 15 is 0 Å². The van der Waals surface area contributed by atoms with E-state index in [1.807, 2.05) is 35.4 Å². The van der Waals surface area contributed by atoms with Crippen molar-refractivity contribution < 1.29 is 13.6 Å². The molecule has 0 aliphatic carbocycles. The van der Waals surface area contributed by atoms with Crippen LogP contribution in [0, 0.1) is 6.57 Å². The van der Waals surface area contributed by atoms with Gasteiger partial charge in [0, 0.05) is 42.9 Å². The number of fused-ring (bicyclic) bond motifs is 1. The first-order valence-electron chi connectivity index (χ1n) is 12.0. The first kappa shape index (κ1) is 23.6. The molecule has 0 unspecified atom stereocenters. The number of rotatable bonds is 5. The fourth-order valence-corrected chi connectivity index (χ4v) is 4.82. The Kier molecular flexibility index (Phi) is 5.56. The number of carbonyl (C=O) groups excluding carboxylic acids is 1. The van der Waals surface area contributed by atoms with Gasteiger partial charge >= 0.3 is 0 Å². The van der Waals surface area contributed by atoms with E-state index in [0.29, 0.717) is 42.7 Å². The quantitative estimate of drug-likeness (QED) is 0.388. The highest BCUT2D eigenvalue weighted by Crippen LogP contribution is 2.32. The second-order valence-corrected chi connectivity index (χ2v) is 9.45. The number of hydrogen-bond acceptors (Lipinski definition) is 6. The van der Waals surface area contributed by atoms with Crippen molar-refractivity contribution >= 4 is 29.0 Å².